The van der Waals surface area contributed by atoms with E-state index in [0.717, 1.165) is 23.6 Å². The van der Waals surface area contributed by atoms with E-state index in [1.165, 1.54) is 40.6 Å². The van der Waals surface area contributed by atoms with E-state index in [2.05, 4.69) is 59.1 Å². The van der Waals surface area contributed by atoms with Crippen LogP contribution in [0.15, 0.2) is 94.0 Å². The number of benzene rings is 3. The number of fused-ring (bicyclic) bond motifs is 3. The monoisotopic (exact) mass is 500 g/mol. The molecule has 0 radical (unpaired) electrons. The van der Waals surface area contributed by atoms with Crippen molar-refractivity contribution in [3.05, 3.63) is 112 Å². The summed E-state index contributed by atoms with van der Waals surface area (Å²) in [7, 11) is 0. The number of rotatable bonds is 8. The second kappa shape index (κ2) is 12.1. The fourth-order valence-corrected chi connectivity index (χ4v) is 5.63. The number of allylic oxidation sites excluding steroid dienone is 5. The summed E-state index contributed by atoms with van der Waals surface area (Å²) in [6.45, 7) is 12.6. The molecule has 4 nitrogen and oxygen atoms in total. The summed E-state index contributed by atoms with van der Waals surface area (Å²) in [5.41, 5.74) is 3.56. The van der Waals surface area contributed by atoms with Crippen LogP contribution in [-0.2, 0) is 0 Å². The average Bonchev–Trinajstić information content (AvgIpc) is 3.29. The van der Waals surface area contributed by atoms with Crippen molar-refractivity contribution in [2.75, 3.05) is 11.4 Å². The fraction of sp³-hybridized carbons (Fsp3) is 0.219. The van der Waals surface area contributed by atoms with Crippen LogP contribution in [0.4, 0.5) is 5.69 Å². The summed E-state index contributed by atoms with van der Waals surface area (Å²) in [5, 5.41) is 23.2. The minimum atomic E-state index is -0.0835. The van der Waals surface area contributed by atoms with Gasteiger partial charge in [-0.2, -0.15) is 5.26 Å². The number of nitrogens with zero attached hydrogens (tertiary/aromatic N) is 4. The summed E-state index contributed by atoms with van der Waals surface area (Å²) in [5.74, 6) is 0. The molecule has 0 amide bonds. The maximum absolute atomic E-state index is 10.1. The summed E-state index contributed by atoms with van der Waals surface area (Å²) in [4.78, 5) is 6.99. The molecule has 4 rings (SSSR count). The standard InChI is InChI=1S/C32H28N4S/c1-4-5-6-9-20-36-30(37-29-18-16-24-10-7-8-11-27(24)32(29)36)19-17-26(21-33)31(28(22-34)35-3)25-14-12-23(2)13-15-25/h7-8,10-19H,4-6,9,20H2,1-2H3/b26-17?,30-19?,31-28-. The molecular formula is C32H28N4S. The molecule has 5 heteroatoms. The predicted octanol–water partition coefficient (Wildman–Crippen LogP) is 8.79. The third-order valence-corrected chi connectivity index (χ3v) is 7.54. The molecule has 1 heterocycles. The average molecular weight is 501 g/mol. The van der Waals surface area contributed by atoms with Crippen LogP contribution in [0.2, 0.25) is 0 Å². The lowest BCUT2D eigenvalue weighted by atomic mass is 9.95. The first kappa shape index (κ1) is 25.8. The third kappa shape index (κ3) is 5.62. The lowest BCUT2D eigenvalue weighted by molar-refractivity contribution is 0.666. The summed E-state index contributed by atoms with van der Waals surface area (Å²) >= 11 is 1.70. The van der Waals surface area contributed by atoms with E-state index in [-0.39, 0.29) is 5.70 Å². The Hall–Kier alpha value is -4.24. The molecule has 0 saturated heterocycles. The van der Waals surface area contributed by atoms with Crippen LogP contribution in [0.25, 0.3) is 21.2 Å². The molecule has 3 aromatic carbocycles. The van der Waals surface area contributed by atoms with Gasteiger partial charge < -0.3 is 4.90 Å². The first-order valence-corrected chi connectivity index (χ1v) is 13.3. The van der Waals surface area contributed by atoms with Crippen LogP contribution in [0, 0.1) is 36.2 Å². The Morgan fingerprint density at radius 1 is 1.00 bits per heavy atom. The minimum Gasteiger partial charge on any atom is -0.335 e. The topological polar surface area (TPSA) is 55.2 Å². The fourth-order valence-electron chi connectivity index (χ4n) is 4.52. The number of aryl methyl sites for hydroxylation is 1. The van der Waals surface area contributed by atoms with Crippen LogP contribution in [0.1, 0.15) is 43.7 Å². The van der Waals surface area contributed by atoms with Crippen molar-refractivity contribution in [3.63, 3.8) is 0 Å². The molecule has 0 aliphatic carbocycles. The van der Waals surface area contributed by atoms with Gasteiger partial charge in [0.1, 0.15) is 0 Å². The SMILES string of the molecule is [C-]#[N+]/C(C#N)=C(\C(C#N)=CC=C1Sc2ccc3ccccc3c2N1CCCCCC)c1ccc(C)cc1. The molecule has 0 fully saturated rings. The highest BCUT2D eigenvalue weighted by molar-refractivity contribution is 8.03. The van der Waals surface area contributed by atoms with Crippen molar-refractivity contribution in [1.82, 2.24) is 0 Å². The van der Waals surface area contributed by atoms with Gasteiger partial charge in [0.25, 0.3) is 5.70 Å². The summed E-state index contributed by atoms with van der Waals surface area (Å²) < 4.78 is 0. The van der Waals surface area contributed by atoms with E-state index in [1.807, 2.05) is 43.3 Å². The zero-order valence-corrected chi connectivity index (χ0v) is 22.0. The second-order valence-electron chi connectivity index (χ2n) is 8.96. The van der Waals surface area contributed by atoms with Gasteiger partial charge in [0.05, 0.1) is 35.0 Å². The van der Waals surface area contributed by atoms with Gasteiger partial charge in [-0.1, -0.05) is 98.1 Å². The third-order valence-electron chi connectivity index (χ3n) is 6.43. The van der Waals surface area contributed by atoms with Crippen molar-refractivity contribution >= 4 is 33.8 Å². The number of nitriles is 2. The van der Waals surface area contributed by atoms with Gasteiger partial charge in [-0.3, -0.25) is 0 Å². The van der Waals surface area contributed by atoms with Gasteiger partial charge >= 0.3 is 0 Å². The Labute approximate surface area is 223 Å². The smallest absolute Gasteiger partial charge is 0.270 e. The Morgan fingerprint density at radius 2 is 1.78 bits per heavy atom. The lowest BCUT2D eigenvalue weighted by Crippen LogP contribution is -2.19. The normalized spacial score (nSPS) is 14.6. The molecule has 0 N–H and O–H groups in total. The predicted molar refractivity (Wildman–Crippen MR) is 153 cm³/mol. The van der Waals surface area contributed by atoms with Gasteiger partial charge in [-0.15, -0.1) is 0 Å². The van der Waals surface area contributed by atoms with Crippen molar-refractivity contribution in [2.24, 2.45) is 0 Å². The van der Waals surface area contributed by atoms with Crippen LogP contribution in [-0.4, -0.2) is 6.54 Å². The van der Waals surface area contributed by atoms with Crippen LogP contribution >= 0.6 is 11.8 Å². The highest BCUT2D eigenvalue weighted by atomic mass is 32.2. The molecule has 0 bridgehead atoms. The minimum absolute atomic E-state index is 0.0835. The van der Waals surface area contributed by atoms with E-state index >= 15 is 0 Å². The molecule has 0 unspecified atom stereocenters. The highest BCUT2D eigenvalue weighted by Gasteiger charge is 2.26. The van der Waals surface area contributed by atoms with Crippen molar-refractivity contribution in [1.29, 1.82) is 10.5 Å². The largest absolute Gasteiger partial charge is 0.335 e. The first-order valence-electron chi connectivity index (χ1n) is 12.5. The van der Waals surface area contributed by atoms with E-state index in [1.54, 1.807) is 17.8 Å². The van der Waals surface area contributed by atoms with E-state index in [4.69, 9.17) is 6.57 Å². The lowest BCUT2D eigenvalue weighted by Gasteiger charge is -2.22. The van der Waals surface area contributed by atoms with E-state index < -0.39 is 0 Å². The number of hydrogen-bond acceptors (Lipinski definition) is 4. The Kier molecular flexibility index (Phi) is 8.48. The molecule has 1 aliphatic heterocycles. The Bertz CT molecular complexity index is 1510. The molecular weight excluding hydrogens is 472 g/mol. The number of hydrogen-bond donors (Lipinski definition) is 0. The van der Waals surface area contributed by atoms with Crippen molar-refractivity contribution < 1.29 is 0 Å². The highest BCUT2D eigenvalue weighted by Crippen LogP contribution is 2.49. The molecule has 0 atom stereocenters. The number of unbranched alkanes of at least 4 members (excludes halogenated alkanes) is 3. The molecule has 3 aromatic rings. The molecule has 182 valence electrons. The van der Waals surface area contributed by atoms with Crippen molar-refractivity contribution in [3.8, 4) is 12.1 Å². The molecule has 0 aromatic heterocycles. The zero-order valence-electron chi connectivity index (χ0n) is 21.2. The maximum atomic E-state index is 10.1. The quantitative estimate of drug-likeness (QED) is 0.134. The van der Waals surface area contributed by atoms with Crippen LogP contribution < -0.4 is 4.90 Å². The molecule has 37 heavy (non-hydrogen) atoms. The van der Waals surface area contributed by atoms with Gasteiger partial charge in [0.2, 0.25) is 0 Å². The summed E-state index contributed by atoms with van der Waals surface area (Å²) in [6, 6.07) is 24.6. The van der Waals surface area contributed by atoms with E-state index in [9.17, 15) is 10.5 Å². The van der Waals surface area contributed by atoms with Gasteiger partial charge in [-0.05, 0) is 42.5 Å². The zero-order chi connectivity index (χ0) is 26.2. The molecule has 0 saturated carbocycles. The number of anilines is 1. The summed E-state index contributed by atoms with van der Waals surface area (Å²) in [6.07, 6.45) is 8.36. The van der Waals surface area contributed by atoms with Gasteiger partial charge in [0, 0.05) is 22.4 Å². The Morgan fingerprint density at radius 3 is 2.49 bits per heavy atom. The van der Waals surface area contributed by atoms with Gasteiger partial charge in [0.15, 0.2) is 0 Å². The van der Waals surface area contributed by atoms with Crippen LogP contribution in [0.5, 0.6) is 0 Å². The van der Waals surface area contributed by atoms with Crippen molar-refractivity contribution in [2.45, 2.75) is 44.4 Å². The van der Waals surface area contributed by atoms with E-state index in [0.29, 0.717) is 16.7 Å². The van der Waals surface area contributed by atoms with Gasteiger partial charge in [-0.25, -0.2) is 10.1 Å². The molecule has 1 aliphatic rings. The number of thioether (sulfide) groups is 1. The van der Waals surface area contributed by atoms with Crippen LogP contribution in [0.3, 0.4) is 0 Å². The Balaban J connectivity index is 1.79. The second-order valence-corrected chi connectivity index (χ2v) is 10.0. The maximum Gasteiger partial charge on any atom is 0.270 e. The first-order chi connectivity index (χ1) is 18.1. The molecule has 0 spiro atoms.